The Balaban J connectivity index is 1.31. The Morgan fingerprint density at radius 2 is 1.90 bits per heavy atom. The summed E-state index contributed by atoms with van der Waals surface area (Å²) < 4.78 is 3.39. The van der Waals surface area contributed by atoms with Gasteiger partial charge in [0.1, 0.15) is 0 Å². The molecule has 154 valence electrons. The van der Waals surface area contributed by atoms with Crippen LogP contribution < -0.4 is 0 Å². The molecule has 0 amide bonds. The summed E-state index contributed by atoms with van der Waals surface area (Å²) >= 11 is 3.08. The van der Waals surface area contributed by atoms with Crippen LogP contribution in [0, 0.1) is 6.92 Å². The first-order valence-corrected chi connectivity index (χ1v) is 12.2. The Morgan fingerprint density at radius 3 is 2.71 bits per heavy atom. The van der Waals surface area contributed by atoms with Crippen molar-refractivity contribution in [2.24, 2.45) is 0 Å². The van der Waals surface area contributed by atoms with Gasteiger partial charge in [-0.1, -0.05) is 48.2 Å². The van der Waals surface area contributed by atoms with Crippen molar-refractivity contribution in [3.63, 3.8) is 0 Å². The van der Waals surface area contributed by atoms with Crippen LogP contribution in [-0.2, 0) is 0 Å². The van der Waals surface area contributed by atoms with E-state index in [0.717, 1.165) is 55.4 Å². The third-order valence-electron chi connectivity index (χ3n) is 5.84. The van der Waals surface area contributed by atoms with Crippen LogP contribution in [0.5, 0.6) is 0 Å². The highest BCUT2D eigenvalue weighted by atomic mass is 32.2. The van der Waals surface area contributed by atoms with Crippen LogP contribution >= 0.6 is 23.1 Å². The summed E-state index contributed by atoms with van der Waals surface area (Å²) in [5.41, 5.74) is 3.23. The van der Waals surface area contributed by atoms with Gasteiger partial charge in [0.25, 0.3) is 0 Å². The number of benzene rings is 2. The van der Waals surface area contributed by atoms with Crippen LogP contribution in [0.25, 0.3) is 32.4 Å². The first-order valence-electron chi connectivity index (χ1n) is 10.4. The van der Waals surface area contributed by atoms with Crippen molar-refractivity contribution >= 4 is 49.9 Å². The minimum atomic E-state index is 0.155. The van der Waals surface area contributed by atoms with E-state index in [1.54, 1.807) is 11.3 Å². The third kappa shape index (κ3) is 3.20. The number of aromatic nitrogens is 4. The number of hydrogen-bond donors (Lipinski definition) is 1. The standard InChI is InChI=1S/C24H20N4OS2/c1-14-16-6-3-5-9-21(16)31-22(14)20(29)13-30-24-27-26-23(28(24)15-10-11-15)18-12-25-19-8-4-2-7-17(18)19/h2-9,12,15,25H,10-11,13H2,1H3. The van der Waals surface area contributed by atoms with Gasteiger partial charge in [-0.15, -0.1) is 21.5 Å². The number of carbonyl (C=O) groups excluding carboxylic acids is 1. The molecule has 7 heteroatoms. The molecular formula is C24H20N4OS2. The average Bonchev–Trinajstić information content (AvgIpc) is 3.26. The predicted molar refractivity (Wildman–Crippen MR) is 127 cm³/mol. The fourth-order valence-corrected chi connectivity index (χ4v) is 6.23. The maximum absolute atomic E-state index is 13.0. The number of Topliss-reactive ketones (excluding diaryl/α,β-unsaturated/α-hetero) is 1. The largest absolute Gasteiger partial charge is 0.360 e. The molecular weight excluding hydrogens is 424 g/mol. The minimum Gasteiger partial charge on any atom is -0.360 e. The number of H-pyrrole nitrogens is 1. The number of para-hydroxylation sites is 1. The molecule has 0 unspecified atom stereocenters. The van der Waals surface area contributed by atoms with E-state index in [1.807, 2.05) is 37.4 Å². The Bertz CT molecular complexity index is 1440. The first kappa shape index (κ1) is 18.8. The van der Waals surface area contributed by atoms with E-state index in [-0.39, 0.29) is 5.78 Å². The molecule has 3 aromatic heterocycles. The number of nitrogens with one attached hydrogen (secondary N) is 1. The SMILES string of the molecule is Cc1c(C(=O)CSc2nnc(-c3c[nH]c4ccccc34)n2C2CC2)sc2ccccc12. The van der Waals surface area contributed by atoms with E-state index in [0.29, 0.717) is 11.8 Å². The monoisotopic (exact) mass is 444 g/mol. The number of thioether (sulfide) groups is 1. The van der Waals surface area contributed by atoms with Gasteiger partial charge in [0.2, 0.25) is 0 Å². The summed E-state index contributed by atoms with van der Waals surface area (Å²) in [5.74, 6) is 1.41. The van der Waals surface area contributed by atoms with Crippen molar-refractivity contribution < 1.29 is 4.79 Å². The number of hydrogen-bond acceptors (Lipinski definition) is 5. The van der Waals surface area contributed by atoms with Crippen molar-refractivity contribution in [2.75, 3.05) is 5.75 Å². The van der Waals surface area contributed by atoms with Crippen LogP contribution in [-0.4, -0.2) is 31.3 Å². The summed E-state index contributed by atoms with van der Waals surface area (Å²) in [6, 6.07) is 16.9. The smallest absolute Gasteiger partial charge is 0.192 e. The third-order valence-corrected chi connectivity index (χ3v) is 8.09. The summed E-state index contributed by atoms with van der Waals surface area (Å²) in [6.07, 6.45) is 4.27. The van der Waals surface area contributed by atoms with E-state index in [4.69, 9.17) is 0 Å². The second-order valence-corrected chi connectivity index (χ2v) is 9.91. The maximum Gasteiger partial charge on any atom is 0.192 e. The lowest BCUT2D eigenvalue weighted by Gasteiger charge is -2.08. The molecule has 6 rings (SSSR count). The van der Waals surface area contributed by atoms with Crippen LogP contribution in [0.4, 0.5) is 0 Å². The first-order chi connectivity index (χ1) is 15.2. The van der Waals surface area contributed by atoms with Gasteiger partial charge in [-0.25, -0.2) is 0 Å². The van der Waals surface area contributed by atoms with E-state index in [2.05, 4.69) is 44.0 Å². The molecule has 0 bridgehead atoms. The van der Waals surface area contributed by atoms with Crippen molar-refractivity contribution in [1.82, 2.24) is 19.7 Å². The van der Waals surface area contributed by atoms with Crippen molar-refractivity contribution in [3.8, 4) is 11.4 Å². The molecule has 5 aromatic rings. The number of rotatable bonds is 6. The van der Waals surface area contributed by atoms with Crippen LogP contribution in [0.1, 0.15) is 34.1 Å². The molecule has 5 nitrogen and oxygen atoms in total. The lowest BCUT2D eigenvalue weighted by Crippen LogP contribution is -2.04. The molecule has 0 aliphatic heterocycles. The van der Waals surface area contributed by atoms with Gasteiger partial charge in [0.05, 0.1) is 10.6 Å². The highest BCUT2D eigenvalue weighted by Crippen LogP contribution is 2.42. The summed E-state index contributed by atoms with van der Waals surface area (Å²) in [7, 11) is 0. The lowest BCUT2D eigenvalue weighted by atomic mass is 10.1. The van der Waals surface area contributed by atoms with Gasteiger partial charge < -0.3 is 4.98 Å². The second kappa shape index (κ2) is 7.35. The Morgan fingerprint density at radius 1 is 1.13 bits per heavy atom. The molecule has 31 heavy (non-hydrogen) atoms. The van der Waals surface area contributed by atoms with Crippen LogP contribution in [0.2, 0.25) is 0 Å². The van der Waals surface area contributed by atoms with E-state index >= 15 is 0 Å². The zero-order valence-electron chi connectivity index (χ0n) is 17.0. The summed E-state index contributed by atoms with van der Waals surface area (Å²) in [6.45, 7) is 2.04. The number of nitrogens with zero attached hydrogens (tertiary/aromatic N) is 3. The van der Waals surface area contributed by atoms with Gasteiger partial charge in [-0.05, 0) is 42.8 Å². The molecule has 1 N–H and O–H groups in total. The number of aryl methyl sites for hydroxylation is 1. The molecule has 3 heterocycles. The Hall–Kier alpha value is -2.90. The van der Waals surface area contributed by atoms with E-state index in [1.165, 1.54) is 17.1 Å². The number of fused-ring (bicyclic) bond motifs is 2. The number of thiophene rings is 1. The molecule has 2 aromatic carbocycles. The van der Waals surface area contributed by atoms with Gasteiger partial charge in [-0.3, -0.25) is 9.36 Å². The highest BCUT2D eigenvalue weighted by Gasteiger charge is 2.31. The van der Waals surface area contributed by atoms with Crippen LogP contribution in [0.15, 0.2) is 59.9 Å². The van der Waals surface area contributed by atoms with Crippen molar-refractivity contribution in [1.29, 1.82) is 0 Å². The predicted octanol–water partition coefficient (Wildman–Crippen LogP) is 6.26. The highest BCUT2D eigenvalue weighted by molar-refractivity contribution is 7.99. The number of carbonyl (C=O) groups is 1. The fourth-order valence-electron chi connectivity index (χ4n) is 4.11. The van der Waals surface area contributed by atoms with Crippen LogP contribution in [0.3, 0.4) is 0 Å². The fraction of sp³-hybridized carbons (Fsp3) is 0.208. The molecule has 1 aliphatic rings. The van der Waals surface area contributed by atoms with E-state index < -0.39 is 0 Å². The normalized spacial score (nSPS) is 14.0. The van der Waals surface area contributed by atoms with Gasteiger partial charge in [0.15, 0.2) is 16.8 Å². The van der Waals surface area contributed by atoms with Crippen molar-refractivity contribution in [2.45, 2.75) is 31.0 Å². The zero-order chi connectivity index (χ0) is 20.9. The lowest BCUT2D eigenvalue weighted by molar-refractivity contribution is 0.102. The van der Waals surface area contributed by atoms with Gasteiger partial charge in [-0.2, -0.15) is 0 Å². The average molecular weight is 445 g/mol. The zero-order valence-corrected chi connectivity index (χ0v) is 18.6. The van der Waals surface area contributed by atoms with E-state index in [9.17, 15) is 4.79 Å². The second-order valence-electron chi connectivity index (χ2n) is 7.92. The molecule has 0 radical (unpaired) electrons. The molecule has 1 saturated carbocycles. The molecule has 0 saturated heterocycles. The quantitative estimate of drug-likeness (QED) is 0.248. The molecule has 1 fully saturated rings. The van der Waals surface area contributed by atoms with Gasteiger partial charge in [0, 0.05) is 33.4 Å². The van der Waals surface area contributed by atoms with Gasteiger partial charge >= 0.3 is 0 Å². The molecule has 0 spiro atoms. The maximum atomic E-state index is 13.0. The number of ketones is 1. The Labute approximate surface area is 187 Å². The molecule has 1 aliphatic carbocycles. The topological polar surface area (TPSA) is 63.6 Å². The summed E-state index contributed by atoms with van der Waals surface area (Å²) in [5, 5.41) is 12.2. The minimum absolute atomic E-state index is 0.155. The van der Waals surface area contributed by atoms with Crippen molar-refractivity contribution in [3.05, 3.63) is 65.2 Å². The molecule has 0 atom stereocenters. The number of aromatic amines is 1. The summed E-state index contributed by atoms with van der Waals surface area (Å²) in [4.78, 5) is 17.2. The Kier molecular flexibility index (Phi) is 4.47.